The largest absolute Gasteiger partial charge is 0.507 e. The Morgan fingerprint density at radius 2 is 2.12 bits per heavy atom. The molecular formula is C12H17ClN2O2. The van der Waals surface area contributed by atoms with Crippen molar-refractivity contribution in [3.05, 3.63) is 28.8 Å². The molecule has 0 atom stereocenters. The van der Waals surface area contributed by atoms with Crippen molar-refractivity contribution < 1.29 is 9.90 Å². The van der Waals surface area contributed by atoms with Gasteiger partial charge in [-0.2, -0.15) is 0 Å². The summed E-state index contributed by atoms with van der Waals surface area (Å²) in [6.07, 6.45) is 1.06. The van der Waals surface area contributed by atoms with Crippen molar-refractivity contribution in [2.75, 3.05) is 19.6 Å². The lowest BCUT2D eigenvalue weighted by atomic mass is 10.2. The maximum atomic E-state index is 11.7. The van der Waals surface area contributed by atoms with E-state index in [-0.39, 0.29) is 17.2 Å². The van der Waals surface area contributed by atoms with E-state index in [1.807, 2.05) is 0 Å². The summed E-state index contributed by atoms with van der Waals surface area (Å²) in [5.74, 6) is -0.378. The Kier molecular flexibility index (Phi) is 5.80. The smallest absolute Gasteiger partial charge is 0.255 e. The Morgan fingerprint density at radius 3 is 2.82 bits per heavy atom. The van der Waals surface area contributed by atoms with Crippen molar-refractivity contribution in [3.8, 4) is 5.75 Å². The Hall–Kier alpha value is -1.26. The summed E-state index contributed by atoms with van der Waals surface area (Å²) in [7, 11) is 0. The van der Waals surface area contributed by atoms with Gasteiger partial charge in [-0.15, -0.1) is 0 Å². The molecule has 0 saturated heterocycles. The van der Waals surface area contributed by atoms with Crippen LogP contribution < -0.4 is 10.6 Å². The van der Waals surface area contributed by atoms with Gasteiger partial charge in [0, 0.05) is 18.1 Å². The number of nitrogens with one attached hydrogen (secondary N) is 2. The molecule has 0 saturated carbocycles. The van der Waals surface area contributed by atoms with Crippen molar-refractivity contribution in [1.82, 2.24) is 10.6 Å². The van der Waals surface area contributed by atoms with Crippen LogP contribution >= 0.6 is 11.6 Å². The third kappa shape index (κ3) is 4.63. The molecule has 1 aromatic carbocycles. The number of hydrogen-bond donors (Lipinski definition) is 3. The van der Waals surface area contributed by atoms with Crippen LogP contribution in [0.3, 0.4) is 0 Å². The first-order valence-electron chi connectivity index (χ1n) is 5.62. The molecule has 0 bridgehead atoms. The standard InChI is InChI=1S/C12H17ClN2O2/c1-2-5-14-6-7-15-12(17)10-8-9(13)3-4-11(10)16/h3-4,8,14,16H,2,5-7H2,1H3,(H,15,17). The maximum absolute atomic E-state index is 11.7. The fourth-order valence-electron chi connectivity index (χ4n) is 1.35. The Morgan fingerprint density at radius 1 is 1.35 bits per heavy atom. The van der Waals surface area contributed by atoms with Crippen molar-refractivity contribution in [1.29, 1.82) is 0 Å². The highest BCUT2D eigenvalue weighted by Gasteiger charge is 2.10. The molecule has 5 heteroatoms. The highest BCUT2D eigenvalue weighted by atomic mass is 35.5. The zero-order valence-electron chi connectivity index (χ0n) is 9.79. The van der Waals surface area contributed by atoms with Gasteiger partial charge in [0.05, 0.1) is 5.56 Å². The highest BCUT2D eigenvalue weighted by molar-refractivity contribution is 6.31. The van der Waals surface area contributed by atoms with Crippen LogP contribution in [0.25, 0.3) is 0 Å². The monoisotopic (exact) mass is 256 g/mol. The highest BCUT2D eigenvalue weighted by Crippen LogP contribution is 2.20. The SMILES string of the molecule is CCCNCCNC(=O)c1cc(Cl)ccc1O. The zero-order valence-corrected chi connectivity index (χ0v) is 10.5. The lowest BCUT2D eigenvalue weighted by molar-refractivity contribution is 0.0951. The number of phenolic OH excluding ortho intramolecular Hbond substituents is 1. The van der Waals surface area contributed by atoms with Gasteiger partial charge in [-0.25, -0.2) is 0 Å². The van der Waals surface area contributed by atoms with E-state index in [1.54, 1.807) is 0 Å². The second-order valence-electron chi connectivity index (χ2n) is 3.67. The van der Waals surface area contributed by atoms with Crippen molar-refractivity contribution in [3.63, 3.8) is 0 Å². The van der Waals surface area contributed by atoms with Crippen LogP contribution in [0.15, 0.2) is 18.2 Å². The summed E-state index contributed by atoms with van der Waals surface area (Å²) in [5.41, 5.74) is 0.202. The van der Waals surface area contributed by atoms with E-state index in [9.17, 15) is 9.90 Å². The van der Waals surface area contributed by atoms with E-state index in [4.69, 9.17) is 11.6 Å². The van der Waals surface area contributed by atoms with Crippen molar-refractivity contribution in [2.45, 2.75) is 13.3 Å². The van der Waals surface area contributed by atoms with E-state index in [0.29, 0.717) is 18.1 Å². The van der Waals surface area contributed by atoms with Crippen LogP contribution in [0.5, 0.6) is 5.75 Å². The molecule has 0 aliphatic heterocycles. The van der Waals surface area contributed by atoms with Crippen LogP contribution in [-0.2, 0) is 0 Å². The fourth-order valence-corrected chi connectivity index (χ4v) is 1.52. The van der Waals surface area contributed by atoms with Gasteiger partial charge in [-0.05, 0) is 31.2 Å². The summed E-state index contributed by atoms with van der Waals surface area (Å²) in [4.78, 5) is 11.7. The van der Waals surface area contributed by atoms with Crippen LogP contribution in [-0.4, -0.2) is 30.6 Å². The van der Waals surface area contributed by atoms with E-state index in [0.717, 1.165) is 13.0 Å². The van der Waals surface area contributed by atoms with Gasteiger partial charge < -0.3 is 15.7 Å². The second-order valence-corrected chi connectivity index (χ2v) is 4.10. The Labute approximate surface area is 106 Å². The normalized spacial score (nSPS) is 10.2. The lowest BCUT2D eigenvalue weighted by Crippen LogP contribution is -2.32. The van der Waals surface area contributed by atoms with Crippen molar-refractivity contribution >= 4 is 17.5 Å². The molecule has 94 valence electrons. The molecule has 17 heavy (non-hydrogen) atoms. The van der Waals surface area contributed by atoms with E-state index >= 15 is 0 Å². The fraction of sp³-hybridized carbons (Fsp3) is 0.417. The van der Waals surface area contributed by atoms with Gasteiger partial charge in [0.15, 0.2) is 0 Å². The molecule has 0 heterocycles. The summed E-state index contributed by atoms with van der Waals surface area (Å²) in [6.45, 7) is 4.24. The van der Waals surface area contributed by atoms with Gasteiger partial charge >= 0.3 is 0 Å². The van der Waals surface area contributed by atoms with Gasteiger partial charge in [0.25, 0.3) is 5.91 Å². The first-order valence-corrected chi connectivity index (χ1v) is 6.00. The van der Waals surface area contributed by atoms with Gasteiger partial charge in [0.2, 0.25) is 0 Å². The Balaban J connectivity index is 2.44. The number of phenols is 1. The van der Waals surface area contributed by atoms with Crippen LogP contribution in [0.2, 0.25) is 5.02 Å². The average Bonchev–Trinajstić information content (AvgIpc) is 2.32. The molecule has 3 N–H and O–H groups in total. The summed E-state index contributed by atoms with van der Waals surface area (Å²) >= 11 is 5.76. The molecule has 0 aliphatic rings. The molecular weight excluding hydrogens is 240 g/mol. The minimum atomic E-state index is -0.316. The van der Waals surface area contributed by atoms with E-state index < -0.39 is 0 Å². The van der Waals surface area contributed by atoms with Crippen LogP contribution in [0.4, 0.5) is 0 Å². The maximum Gasteiger partial charge on any atom is 0.255 e. The molecule has 0 aliphatic carbocycles. The van der Waals surface area contributed by atoms with Gasteiger partial charge in [-0.3, -0.25) is 4.79 Å². The minimum absolute atomic E-state index is 0.0617. The third-order valence-electron chi connectivity index (χ3n) is 2.22. The molecule has 0 unspecified atom stereocenters. The Bertz CT molecular complexity index is 383. The number of halogens is 1. The number of carbonyl (C=O) groups excluding carboxylic acids is 1. The van der Waals surface area contributed by atoms with E-state index in [1.165, 1.54) is 18.2 Å². The first-order chi connectivity index (χ1) is 8.15. The molecule has 0 fully saturated rings. The number of carbonyl (C=O) groups is 1. The average molecular weight is 257 g/mol. The predicted octanol–water partition coefficient (Wildman–Crippen LogP) is 1.77. The summed E-state index contributed by atoms with van der Waals surface area (Å²) < 4.78 is 0. The number of amides is 1. The predicted molar refractivity (Wildman–Crippen MR) is 68.6 cm³/mol. The topological polar surface area (TPSA) is 61.4 Å². The number of hydrogen-bond acceptors (Lipinski definition) is 3. The quantitative estimate of drug-likeness (QED) is 0.680. The lowest BCUT2D eigenvalue weighted by Gasteiger charge is -2.07. The number of rotatable bonds is 6. The molecule has 1 rings (SSSR count). The van der Waals surface area contributed by atoms with Crippen LogP contribution in [0, 0.1) is 0 Å². The first kappa shape index (κ1) is 13.8. The minimum Gasteiger partial charge on any atom is -0.507 e. The van der Waals surface area contributed by atoms with Crippen LogP contribution in [0.1, 0.15) is 23.7 Å². The van der Waals surface area contributed by atoms with Gasteiger partial charge in [-0.1, -0.05) is 18.5 Å². The molecule has 1 aromatic rings. The number of benzene rings is 1. The molecule has 0 aromatic heterocycles. The molecule has 0 radical (unpaired) electrons. The summed E-state index contributed by atoms with van der Waals surface area (Å²) in [5, 5.41) is 15.8. The zero-order chi connectivity index (χ0) is 12.7. The number of aromatic hydroxyl groups is 1. The molecule has 1 amide bonds. The van der Waals surface area contributed by atoms with Crippen molar-refractivity contribution in [2.24, 2.45) is 0 Å². The van der Waals surface area contributed by atoms with E-state index in [2.05, 4.69) is 17.6 Å². The summed E-state index contributed by atoms with van der Waals surface area (Å²) in [6, 6.07) is 4.40. The molecule has 4 nitrogen and oxygen atoms in total. The molecule has 0 spiro atoms. The van der Waals surface area contributed by atoms with Gasteiger partial charge in [0.1, 0.15) is 5.75 Å². The third-order valence-corrected chi connectivity index (χ3v) is 2.45. The second kappa shape index (κ2) is 7.14.